The minimum Gasteiger partial charge on any atom is -0.444 e. The number of aromatic nitrogens is 2. The number of rotatable bonds is 8. The van der Waals surface area contributed by atoms with E-state index in [0.717, 1.165) is 12.8 Å². The molecular weight excluding hydrogens is 508 g/mol. The Morgan fingerprint density at radius 2 is 1.45 bits per heavy atom. The first-order chi connectivity index (χ1) is 18.8. The molecule has 0 atom stereocenters. The predicted octanol–water partition coefficient (Wildman–Crippen LogP) is 7.67. The molecule has 2 N–H and O–H groups in total. The Morgan fingerprint density at radius 1 is 0.825 bits per heavy atom. The van der Waals surface area contributed by atoms with Gasteiger partial charge in [0, 0.05) is 16.8 Å². The van der Waals surface area contributed by atoms with Gasteiger partial charge in [-0.25, -0.2) is 19.1 Å². The van der Waals surface area contributed by atoms with Gasteiger partial charge in [0.25, 0.3) is 5.91 Å². The van der Waals surface area contributed by atoms with E-state index in [4.69, 9.17) is 9.47 Å². The number of nitrogens with one attached hydrogen (secondary N) is 2. The molecule has 0 radical (unpaired) electrons. The number of imidazole rings is 1. The Hall–Kier alpha value is -4.14. The molecule has 0 fully saturated rings. The molecule has 0 aliphatic carbocycles. The highest BCUT2D eigenvalue weighted by atomic mass is 16.6. The van der Waals surface area contributed by atoms with Crippen LogP contribution >= 0.6 is 0 Å². The van der Waals surface area contributed by atoms with Gasteiger partial charge in [0.05, 0.1) is 11.9 Å². The summed E-state index contributed by atoms with van der Waals surface area (Å²) in [7, 11) is 0. The maximum atomic E-state index is 13.1. The first-order valence-electron chi connectivity index (χ1n) is 13.6. The van der Waals surface area contributed by atoms with Crippen LogP contribution in [0, 0.1) is 0 Å². The normalized spacial score (nSPS) is 11.6. The molecule has 0 unspecified atom stereocenters. The fraction of sp³-hybridized carbons (Fsp3) is 0.419. The summed E-state index contributed by atoms with van der Waals surface area (Å²) < 4.78 is 12.1. The van der Waals surface area contributed by atoms with Crippen molar-refractivity contribution < 1.29 is 23.9 Å². The number of nitrogens with zero attached hydrogens (tertiary/aromatic N) is 2. The Balaban J connectivity index is 1.79. The molecule has 1 aromatic heterocycles. The molecule has 40 heavy (non-hydrogen) atoms. The highest BCUT2D eigenvalue weighted by molar-refractivity contribution is 6.04. The summed E-state index contributed by atoms with van der Waals surface area (Å²) in [5.74, 6) is -0.246. The van der Waals surface area contributed by atoms with E-state index < -0.39 is 23.4 Å². The zero-order valence-corrected chi connectivity index (χ0v) is 24.5. The Labute approximate surface area is 236 Å². The number of hydrogen-bond donors (Lipinski definition) is 2. The van der Waals surface area contributed by atoms with Gasteiger partial charge in [0.15, 0.2) is 0 Å². The summed E-state index contributed by atoms with van der Waals surface area (Å²) in [5, 5.41) is 5.43. The summed E-state index contributed by atoms with van der Waals surface area (Å²) in [5.41, 5.74) is 1.91. The van der Waals surface area contributed by atoms with E-state index in [1.807, 2.05) is 24.3 Å². The van der Waals surface area contributed by atoms with Crippen molar-refractivity contribution in [2.45, 2.75) is 85.4 Å². The van der Waals surface area contributed by atoms with Gasteiger partial charge in [-0.1, -0.05) is 44.0 Å². The predicted molar refractivity (Wildman–Crippen MR) is 157 cm³/mol. The van der Waals surface area contributed by atoms with Gasteiger partial charge in [0.1, 0.15) is 11.2 Å². The fourth-order valence-electron chi connectivity index (χ4n) is 3.86. The van der Waals surface area contributed by atoms with Crippen LogP contribution in [0.15, 0.2) is 54.7 Å². The second-order valence-corrected chi connectivity index (χ2v) is 11.6. The van der Waals surface area contributed by atoms with Crippen LogP contribution in [0.4, 0.5) is 21.2 Å². The van der Waals surface area contributed by atoms with Crippen molar-refractivity contribution in [3.05, 3.63) is 65.9 Å². The fourth-order valence-corrected chi connectivity index (χ4v) is 3.86. The lowest BCUT2D eigenvalue weighted by Crippen LogP contribution is -2.31. The number of amides is 2. The molecule has 3 rings (SSSR count). The molecule has 0 bridgehead atoms. The number of benzene rings is 2. The minimum absolute atomic E-state index is 0.0333. The summed E-state index contributed by atoms with van der Waals surface area (Å²) in [6.07, 6.45) is 4.52. The van der Waals surface area contributed by atoms with E-state index in [1.54, 1.807) is 65.8 Å². The van der Waals surface area contributed by atoms with Crippen LogP contribution in [0.1, 0.15) is 83.7 Å². The molecule has 1 heterocycles. The lowest BCUT2D eigenvalue weighted by molar-refractivity contribution is 0.0542. The number of carbonyl (C=O) groups is 3. The second-order valence-electron chi connectivity index (χ2n) is 11.6. The van der Waals surface area contributed by atoms with E-state index in [-0.39, 0.29) is 11.9 Å². The van der Waals surface area contributed by atoms with Gasteiger partial charge in [-0.2, -0.15) is 0 Å². The lowest BCUT2D eigenvalue weighted by atomic mass is 10.0. The number of anilines is 2. The van der Waals surface area contributed by atoms with Crippen LogP contribution in [0.3, 0.4) is 0 Å². The first kappa shape index (κ1) is 30.4. The Bertz CT molecular complexity index is 1310. The van der Waals surface area contributed by atoms with Crippen molar-refractivity contribution in [3.63, 3.8) is 0 Å². The highest BCUT2D eigenvalue weighted by Crippen LogP contribution is 2.27. The molecule has 0 aliphatic heterocycles. The van der Waals surface area contributed by atoms with Crippen molar-refractivity contribution in [2.75, 3.05) is 10.6 Å². The molecule has 2 aromatic carbocycles. The largest absolute Gasteiger partial charge is 0.444 e. The monoisotopic (exact) mass is 548 g/mol. The van der Waals surface area contributed by atoms with Crippen LogP contribution in [-0.2, 0) is 15.9 Å². The maximum absolute atomic E-state index is 13.1. The molecule has 0 saturated heterocycles. The third-order valence-electron chi connectivity index (χ3n) is 5.67. The summed E-state index contributed by atoms with van der Waals surface area (Å²) >= 11 is 0. The molecule has 9 heteroatoms. The van der Waals surface area contributed by atoms with E-state index in [9.17, 15) is 14.4 Å². The third kappa shape index (κ3) is 8.97. The van der Waals surface area contributed by atoms with Gasteiger partial charge in [-0.05, 0) is 84.2 Å². The van der Waals surface area contributed by atoms with Crippen LogP contribution < -0.4 is 10.6 Å². The smallest absolute Gasteiger partial charge is 0.421 e. The van der Waals surface area contributed by atoms with Crippen molar-refractivity contribution in [1.29, 1.82) is 0 Å². The molecule has 9 nitrogen and oxygen atoms in total. The number of hydrogen-bond acceptors (Lipinski definition) is 6. The molecule has 214 valence electrons. The van der Waals surface area contributed by atoms with E-state index >= 15 is 0 Å². The topological polar surface area (TPSA) is 112 Å². The average molecular weight is 549 g/mol. The molecule has 0 spiro atoms. The number of aryl methyl sites for hydroxylation is 1. The maximum Gasteiger partial charge on any atom is 0.421 e. The number of unbranched alkanes of at least 4 members (excludes halogenated alkanes) is 2. The van der Waals surface area contributed by atoms with Crippen molar-refractivity contribution in [1.82, 2.24) is 9.55 Å². The first-order valence-corrected chi connectivity index (χ1v) is 13.6. The second kappa shape index (κ2) is 12.8. The average Bonchev–Trinajstić information content (AvgIpc) is 3.26. The minimum atomic E-state index is -0.774. The van der Waals surface area contributed by atoms with Crippen molar-refractivity contribution in [3.8, 4) is 11.3 Å². The molecule has 2 amide bonds. The SMILES string of the molecule is CCCCCc1ccc(C(=O)Nc2ccc(-c3cnc(NC(=O)OC(C)(C)C)n3C(=O)OC(C)(C)C)cc2)cc1. The number of carbonyl (C=O) groups excluding carboxylic acids is 3. The number of ether oxygens (including phenoxy) is 2. The lowest BCUT2D eigenvalue weighted by Gasteiger charge is -2.22. The summed E-state index contributed by atoms with van der Waals surface area (Å²) in [6.45, 7) is 12.6. The van der Waals surface area contributed by atoms with Gasteiger partial charge in [-0.3, -0.25) is 10.1 Å². The Kier molecular flexibility index (Phi) is 9.74. The van der Waals surface area contributed by atoms with E-state index in [0.29, 0.717) is 22.5 Å². The van der Waals surface area contributed by atoms with Gasteiger partial charge in [0.2, 0.25) is 5.95 Å². The summed E-state index contributed by atoms with van der Waals surface area (Å²) in [4.78, 5) is 42.5. The van der Waals surface area contributed by atoms with Crippen molar-refractivity contribution >= 4 is 29.7 Å². The zero-order chi connectivity index (χ0) is 29.5. The van der Waals surface area contributed by atoms with E-state index in [2.05, 4.69) is 22.5 Å². The third-order valence-corrected chi connectivity index (χ3v) is 5.67. The van der Waals surface area contributed by atoms with E-state index in [1.165, 1.54) is 29.2 Å². The summed E-state index contributed by atoms with van der Waals surface area (Å²) in [6, 6.07) is 14.6. The van der Waals surface area contributed by atoms with Crippen LogP contribution in [-0.4, -0.2) is 38.8 Å². The van der Waals surface area contributed by atoms with Crippen LogP contribution in [0.2, 0.25) is 0 Å². The quantitative estimate of drug-likeness (QED) is 0.279. The highest BCUT2D eigenvalue weighted by Gasteiger charge is 2.26. The zero-order valence-electron chi connectivity index (χ0n) is 24.5. The Morgan fingerprint density at radius 3 is 2.02 bits per heavy atom. The molecular formula is C31H40N4O5. The molecule has 0 saturated carbocycles. The standard InChI is InChI=1S/C31H40N4O5/c1-8-9-10-11-21-12-14-23(15-13-21)26(36)33-24-18-16-22(17-19-24)25-20-32-27(34-28(37)39-30(2,3)4)35(25)29(38)40-31(5,6)7/h12-20H,8-11H2,1-7H3,(H,33,36)(H,32,34,37). The van der Waals surface area contributed by atoms with Gasteiger partial charge >= 0.3 is 12.2 Å². The van der Waals surface area contributed by atoms with Crippen LogP contribution in [0.5, 0.6) is 0 Å². The molecule has 3 aromatic rings. The van der Waals surface area contributed by atoms with Crippen LogP contribution in [0.25, 0.3) is 11.3 Å². The van der Waals surface area contributed by atoms with Gasteiger partial charge < -0.3 is 14.8 Å². The van der Waals surface area contributed by atoms with Crippen molar-refractivity contribution in [2.24, 2.45) is 0 Å². The molecule has 0 aliphatic rings. The van der Waals surface area contributed by atoms with Gasteiger partial charge in [-0.15, -0.1) is 0 Å².